The molecule has 0 aliphatic rings. The van der Waals surface area contributed by atoms with Crippen LogP contribution in [0.5, 0.6) is 0 Å². The normalized spacial score (nSPS) is 11.5. The molecule has 2 aromatic carbocycles. The van der Waals surface area contributed by atoms with Crippen molar-refractivity contribution < 1.29 is 12.8 Å². The number of rotatable bonds is 5. The average molecular weight is 373 g/mol. The maximum atomic E-state index is 13.7. The van der Waals surface area contributed by atoms with Crippen LogP contribution in [0, 0.1) is 26.6 Å². The van der Waals surface area contributed by atoms with Gasteiger partial charge in [-0.15, -0.1) is 0 Å². The third-order valence-electron chi connectivity index (χ3n) is 4.04. The largest absolute Gasteiger partial charge is 0.266 e. The Kier molecular flexibility index (Phi) is 4.82. The molecule has 0 saturated heterocycles. The molecule has 3 rings (SSSR count). The van der Waals surface area contributed by atoms with Gasteiger partial charge in [-0.3, -0.25) is 9.40 Å². The van der Waals surface area contributed by atoms with Gasteiger partial charge in [0.05, 0.1) is 11.4 Å². The highest BCUT2D eigenvalue weighted by Gasteiger charge is 2.21. The van der Waals surface area contributed by atoms with Crippen molar-refractivity contribution in [3.8, 4) is 0 Å². The van der Waals surface area contributed by atoms with Crippen molar-refractivity contribution in [1.29, 1.82) is 0 Å². The summed E-state index contributed by atoms with van der Waals surface area (Å²) in [6.07, 6.45) is 1.61. The van der Waals surface area contributed by atoms with Gasteiger partial charge in [0.25, 0.3) is 10.0 Å². The van der Waals surface area contributed by atoms with Crippen molar-refractivity contribution in [2.45, 2.75) is 32.2 Å². The van der Waals surface area contributed by atoms with Gasteiger partial charge in [0.1, 0.15) is 5.82 Å². The first-order valence-electron chi connectivity index (χ1n) is 8.14. The predicted octanol–water partition coefficient (Wildman–Crippen LogP) is 3.80. The van der Waals surface area contributed by atoms with Gasteiger partial charge < -0.3 is 0 Å². The molecule has 0 bridgehead atoms. The van der Waals surface area contributed by atoms with Crippen LogP contribution in [0.4, 0.5) is 10.2 Å². The van der Waals surface area contributed by atoms with E-state index in [1.807, 2.05) is 19.1 Å². The van der Waals surface area contributed by atoms with E-state index in [1.54, 1.807) is 44.3 Å². The van der Waals surface area contributed by atoms with E-state index in [9.17, 15) is 12.8 Å². The topological polar surface area (TPSA) is 64.0 Å². The van der Waals surface area contributed by atoms with Gasteiger partial charge in [0.15, 0.2) is 5.82 Å². The molecule has 0 fully saturated rings. The van der Waals surface area contributed by atoms with Crippen LogP contribution < -0.4 is 4.72 Å². The summed E-state index contributed by atoms with van der Waals surface area (Å²) < 4.78 is 43.2. The third-order valence-corrected chi connectivity index (χ3v) is 5.70. The molecule has 5 nitrogen and oxygen atoms in total. The fraction of sp³-hybridized carbons (Fsp3) is 0.211. The second kappa shape index (κ2) is 6.92. The van der Waals surface area contributed by atoms with E-state index in [4.69, 9.17) is 0 Å². The molecule has 0 saturated carbocycles. The fourth-order valence-electron chi connectivity index (χ4n) is 3.08. The Morgan fingerprint density at radius 2 is 1.73 bits per heavy atom. The molecule has 1 N–H and O–H groups in total. The third kappa shape index (κ3) is 3.77. The zero-order chi connectivity index (χ0) is 18.9. The number of hydrogen-bond donors (Lipinski definition) is 1. The molecular formula is C19H20FN3O2S. The van der Waals surface area contributed by atoms with Gasteiger partial charge >= 0.3 is 0 Å². The van der Waals surface area contributed by atoms with Gasteiger partial charge in [-0.2, -0.15) is 5.10 Å². The summed E-state index contributed by atoms with van der Waals surface area (Å²) in [5, 5.41) is 4.19. The summed E-state index contributed by atoms with van der Waals surface area (Å²) in [5.41, 5.74) is 2.85. The lowest BCUT2D eigenvalue weighted by Crippen LogP contribution is -2.16. The van der Waals surface area contributed by atoms with Crippen molar-refractivity contribution in [2.24, 2.45) is 0 Å². The molecule has 0 atom stereocenters. The number of sulfonamides is 1. The summed E-state index contributed by atoms with van der Waals surface area (Å²) in [6, 6.07) is 11.6. The van der Waals surface area contributed by atoms with Crippen LogP contribution in [-0.4, -0.2) is 18.2 Å². The van der Waals surface area contributed by atoms with Crippen LogP contribution in [0.2, 0.25) is 0 Å². The molecule has 0 amide bonds. The van der Waals surface area contributed by atoms with Gasteiger partial charge in [0, 0.05) is 17.8 Å². The highest BCUT2D eigenvalue weighted by molar-refractivity contribution is 7.92. The molecule has 0 aliphatic carbocycles. The number of aryl methyl sites for hydroxylation is 3. The average Bonchev–Trinajstić information content (AvgIpc) is 2.94. The van der Waals surface area contributed by atoms with Crippen LogP contribution in [0.3, 0.4) is 0 Å². The number of hydrogen-bond acceptors (Lipinski definition) is 3. The summed E-state index contributed by atoms with van der Waals surface area (Å²) >= 11 is 0. The van der Waals surface area contributed by atoms with Crippen molar-refractivity contribution in [3.05, 3.63) is 76.7 Å². The minimum absolute atomic E-state index is 0.195. The molecule has 0 radical (unpaired) electrons. The van der Waals surface area contributed by atoms with Gasteiger partial charge in [0.2, 0.25) is 0 Å². The Morgan fingerprint density at radius 3 is 2.38 bits per heavy atom. The molecule has 26 heavy (non-hydrogen) atoms. The van der Waals surface area contributed by atoms with Crippen molar-refractivity contribution in [2.75, 3.05) is 4.72 Å². The van der Waals surface area contributed by atoms with Crippen molar-refractivity contribution in [3.63, 3.8) is 0 Å². The second-order valence-corrected chi connectivity index (χ2v) is 7.94. The van der Waals surface area contributed by atoms with Crippen LogP contribution >= 0.6 is 0 Å². The monoisotopic (exact) mass is 373 g/mol. The van der Waals surface area contributed by atoms with Gasteiger partial charge in [-0.1, -0.05) is 35.9 Å². The van der Waals surface area contributed by atoms with Gasteiger partial charge in [-0.05, 0) is 38.0 Å². The number of nitrogens with one attached hydrogen (secondary N) is 1. The predicted molar refractivity (Wildman–Crippen MR) is 99.2 cm³/mol. The van der Waals surface area contributed by atoms with E-state index < -0.39 is 10.0 Å². The number of benzene rings is 2. The SMILES string of the molecule is Cc1cc(C)c(S(=O)(=O)Nc2ccn(Cc3ccccc3F)n2)c(C)c1. The highest BCUT2D eigenvalue weighted by atomic mass is 32.2. The molecule has 136 valence electrons. The Hall–Kier alpha value is -2.67. The quantitative estimate of drug-likeness (QED) is 0.740. The molecule has 1 aromatic heterocycles. The Labute approximate surface area is 152 Å². The Bertz CT molecular complexity index is 1040. The Morgan fingerprint density at radius 1 is 1.08 bits per heavy atom. The van der Waals surface area contributed by atoms with E-state index in [0.29, 0.717) is 16.7 Å². The first kappa shape index (κ1) is 18.1. The van der Waals surface area contributed by atoms with Crippen LogP contribution in [-0.2, 0) is 16.6 Å². The molecular weight excluding hydrogens is 353 g/mol. The maximum Gasteiger partial charge on any atom is 0.263 e. The highest BCUT2D eigenvalue weighted by Crippen LogP contribution is 2.24. The summed E-state index contributed by atoms with van der Waals surface area (Å²) in [4.78, 5) is 0.256. The fourth-order valence-corrected chi connectivity index (χ4v) is 4.54. The minimum Gasteiger partial charge on any atom is -0.266 e. The molecule has 7 heteroatoms. The van der Waals surface area contributed by atoms with E-state index >= 15 is 0 Å². The Balaban J connectivity index is 1.84. The van der Waals surface area contributed by atoms with Crippen molar-refractivity contribution >= 4 is 15.8 Å². The van der Waals surface area contributed by atoms with Crippen LogP contribution in [0.25, 0.3) is 0 Å². The summed E-state index contributed by atoms with van der Waals surface area (Å²) in [5.74, 6) is -0.128. The maximum absolute atomic E-state index is 13.7. The molecule has 3 aromatic rings. The van der Waals surface area contributed by atoms with E-state index in [-0.39, 0.29) is 23.1 Å². The minimum atomic E-state index is -3.76. The first-order valence-corrected chi connectivity index (χ1v) is 9.62. The zero-order valence-electron chi connectivity index (χ0n) is 14.8. The first-order chi connectivity index (χ1) is 12.3. The number of aromatic nitrogens is 2. The summed E-state index contributed by atoms with van der Waals surface area (Å²) in [6.45, 7) is 5.68. The van der Waals surface area contributed by atoms with Crippen LogP contribution in [0.1, 0.15) is 22.3 Å². The number of nitrogens with zero attached hydrogens (tertiary/aromatic N) is 2. The lowest BCUT2D eigenvalue weighted by atomic mass is 10.1. The number of anilines is 1. The second-order valence-electron chi connectivity index (χ2n) is 6.32. The molecule has 0 spiro atoms. The lowest BCUT2D eigenvalue weighted by Gasteiger charge is -2.12. The van der Waals surface area contributed by atoms with E-state index in [1.165, 1.54) is 10.7 Å². The summed E-state index contributed by atoms with van der Waals surface area (Å²) in [7, 11) is -3.76. The molecule has 0 aliphatic heterocycles. The van der Waals surface area contributed by atoms with Crippen LogP contribution in [0.15, 0.2) is 53.6 Å². The van der Waals surface area contributed by atoms with E-state index in [2.05, 4.69) is 9.82 Å². The molecule has 1 heterocycles. The lowest BCUT2D eigenvalue weighted by molar-refractivity contribution is 0.585. The number of halogens is 1. The van der Waals surface area contributed by atoms with Gasteiger partial charge in [-0.25, -0.2) is 12.8 Å². The zero-order valence-corrected chi connectivity index (χ0v) is 15.6. The van der Waals surface area contributed by atoms with Crippen molar-refractivity contribution in [1.82, 2.24) is 9.78 Å². The standard InChI is InChI=1S/C19H20FN3O2S/c1-13-10-14(2)19(15(3)11-13)26(24,25)22-18-8-9-23(21-18)12-16-6-4-5-7-17(16)20/h4-11H,12H2,1-3H3,(H,21,22). The van der Waals surface area contributed by atoms with E-state index in [0.717, 1.165) is 5.56 Å². The molecule has 0 unspecified atom stereocenters. The smallest absolute Gasteiger partial charge is 0.263 e.